The van der Waals surface area contributed by atoms with Crippen LogP contribution in [0.1, 0.15) is 59.8 Å². The molecule has 146 valence electrons. The Hall–Kier alpha value is -2.41. The number of thiophene rings is 1. The Morgan fingerprint density at radius 2 is 2.00 bits per heavy atom. The number of anilines is 1. The highest BCUT2D eigenvalue weighted by atomic mass is 32.1. The first-order valence-electron chi connectivity index (χ1n) is 10.2. The average molecular weight is 396 g/mol. The van der Waals surface area contributed by atoms with E-state index in [-0.39, 0.29) is 11.9 Å². The number of rotatable bonds is 3. The van der Waals surface area contributed by atoms with Crippen LogP contribution in [0, 0.1) is 6.92 Å². The summed E-state index contributed by atoms with van der Waals surface area (Å²) in [5.74, 6) is 1.19. The van der Waals surface area contributed by atoms with Crippen molar-refractivity contribution < 1.29 is 4.79 Å². The third-order valence-electron chi connectivity index (χ3n) is 5.90. The molecule has 5 heterocycles. The van der Waals surface area contributed by atoms with E-state index in [1.165, 1.54) is 12.8 Å². The van der Waals surface area contributed by atoms with E-state index in [1.807, 2.05) is 26.2 Å². The van der Waals surface area contributed by atoms with Gasteiger partial charge in [-0.1, -0.05) is 0 Å². The van der Waals surface area contributed by atoms with E-state index in [4.69, 9.17) is 10.1 Å². The summed E-state index contributed by atoms with van der Waals surface area (Å²) in [5, 5.41) is 8.72. The third-order valence-corrected chi connectivity index (χ3v) is 6.59. The highest BCUT2D eigenvalue weighted by Gasteiger charge is 2.31. The van der Waals surface area contributed by atoms with E-state index in [9.17, 15) is 4.79 Å². The lowest BCUT2D eigenvalue weighted by molar-refractivity contribution is 0.0606. The predicted octanol–water partition coefficient (Wildman–Crippen LogP) is 4.07. The number of nitrogens with zero attached hydrogens (tertiary/aromatic N) is 5. The number of carbonyl (C=O) groups excluding carboxylic acids is 1. The lowest BCUT2D eigenvalue weighted by Gasteiger charge is -2.34. The van der Waals surface area contributed by atoms with Crippen molar-refractivity contribution in [2.24, 2.45) is 0 Å². The van der Waals surface area contributed by atoms with Crippen LogP contribution in [0.5, 0.6) is 0 Å². The summed E-state index contributed by atoms with van der Waals surface area (Å²) in [6.07, 6.45) is 7.68. The fourth-order valence-corrected chi connectivity index (χ4v) is 5.09. The molecule has 0 aliphatic carbocycles. The molecule has 6 nitrogen and oxygen atoms in total. The van der Waals surface area contributed by atoms with Gasteiger partial charge in [-0.05, 0) is 50.5 Å². The lowest BCUT2D eigenvalue weighted by Crippen LogP contribution is -2.38. The van der Waals surface area contributed by atoms with Crippen molar-refractivity contribution in [1.29, 1.82) is 0 Å². The third kappa shape index (κ3) is 3.07. The number of carbonyl (C=O) groups is 1. The first kappa shape index (κ1) is 17.7. The first-order valence-corrected chi connectivity index (χ1v) is 11.1. The summed E-state index contributed by atoms with van der Waals surface area (Å²) in [6, 6.07) is 4.01. The van der Waals surface area contributed by atoms with Crippen LogP contribution in [-0.4, -0.2) is 45.0 Å². The molecule has 1 atom stereocenters. The number of aromatic nitrogens is 3. The van der Waals surface area contributed by atoms with Crippen LogP contribution in [0.25, 0.3) is 5.65 Å². The van der Waals surface area contributed by atoms with Crippen molar-refractivity contribution in [3.63, 3.8) is 0 Å². The minimum atomic E-state index is 0.0263. The molecule has 2 aliphatic rings. The van der Waals surface area contributed by atoms with E-state index >= 15 is 0 Å². The van der Waals surface area contributed by atoms with E-state index in [0.29, 0.717) is 0 Å². The molecule has 0 N–H and O–H groups in total. The first-order chi connectivity index (χ1) is 13.7. The molecule has 2 fully saturated rings. The van der Waals surface area contributed by atoms with Gasteiger partial charge in [0.15, 0.2) is 5.65 Å². The molecule has 3 aromatic rings. The predicted molar refractivity (Wildman–Crippen MR) is 111 cm³/mol. The highest BCUT2D eigenvalue weighted by Crippen LogP contribution is 2.33. The minimum absolute atomic E-state index is 0.0263. The maximum Gasteiger partial charge on any atom is 0.255 e. The van der Waals surface area contributed by atoms with Crippen LogP contribution >= 0.6 is 11.3 Å². The molecule has 1 unspecified atom stereocenters. The number of hydrogen-bond donors (Lipinski definition) is 0. The highest BCUT2D eigenvalue weighted by molar-refractivity contribution is 7.08. The normalized spacial score (nSPS) is 20.2. The Labute approximate surface area is 168 Å². The molecule has 0 radical (unpaired) electrons. The van der Waals surface area contributed by atoms with Crippen LogP contribution in [0.15, 0.2) is 29.1 Å². The molecule has 2 saturated heterocycles. The van der Waals surface area contributed by atoms with Crippen molar-refractivity contribution >= 4 is 28.7 Å². The molecule has 3 aromatic heterocycles. The number of hydrogen-bond acceptors (Lipinski definition) is 5. The van der Waals surface area contributed by atoms with E-state index in [1.54, 1.807) is 11.3 Å². The van der Waals surface area contributed by atoms with Crippen LogP contribution in [0.4, 0.5) is 5.82 Å². The van der Waals surface area contributed by atoms with Gasteiger partial charge in [-0.15, -0.1) is 0 Å². The second-order valence-corrected chi connectivity index (χ2v) is 8.62. The summed E-state index contributed by atoms with van der Waals surface area (Å²) in [4.78, 5) is 22.3. The van der Waals surface area contributed by atoms with Crippen LogP contribution < -0.4 is 4.90 Å². The van der Waals surface area contributed by atoms with Gasteiger partial charge in [-0.2, -0.15) is 16.4 Å². The molecule has 5 rings (SSSR count). The Morgan fingerprint density at radius 3 is 2.79 bits per heavy atom. The summed E-state index contributed by atoms with van der Waals surface area (Å²) in [5.41, 5.74) is 3.76. The zero-order valence-electron chi connectivity index (χ0n) is 16.2. The maximum atomic E-state index is 13.0. The van der Waals surface area contributed by atoms with Crippen molar-refractivity contribution in [2.45, 2.75) is 45.1 Å². The molecule has 0 aromatic carbocycles. The van der Waals surface area contributed by atoms with Gasteiger partial charge in [0.2, 0.25) is 0 Å². The van der Waals surface area contributed by atoms with Gasteiger partial charge in [0, 0.05) is 42.8 Å². The molecule has 0 saturated carbocycles. The van der Waals surface area contributed by atoms with E-state index in [2.05, 4.69) is 24.1 Å². The van der Waals surface area contributed by atoms with Gasteiger partial charge < -0.3 is 9.80 Å². The molecular formula is C21H25N5OS. The number of fused-ring (bicyclic) bond motifs is 1. The maximum absolute atomic E-state index is 13.0. The second kappa shape index (κ2) is 7.20. The number of likely N-dealkylation sites (tertiary alicyclic amines) is 1. The molecule has 1 amide bonds. The topological polar surface area (TPSA) is 53.7 Å². The second-order valence-electron chi connectivity index (χ2n) is 7.84. The Balaban J connectivity index is 1.49. The van der Waals surface area contributed by atoms with Gasteiger partial charge in [-0.3, -0.25) is 4.79 Å². The van der Waals surface area contributed by atoms with Crippen LogP contribution in [-0.2, 0) is 0 Å². The quantitative estimate of drug-likeness (QED) is 0.671. The lowest BCUT2D eigenvalue weighted by atomic mass is 9.98. The smallest absolute Gasteiger partial charge is 0.255 e. The SMILES string of the molecule is Cc1cn2nc(C3CCCCN3C(=O)c3ccsc3)cc2nc1N1CCCC1. The standard InChI is InChI=1S/C21H25N5OS/c1-15-13-26-19(22-20(15)24-8-4-5-9-24)12-17(23-26)18-6-2-3-10-25(18)21(27)16-7-11-28-14-16/h7,11-14,18H,2-6,8-10H2,1H3. The number of amides is 1. The van der Waals surface area contributed by atoms with Crippen molar-refractivity contribution in [3.05, 3.63) is 45.9 Å². The average Bonchev–Trinajstić information content (AvgIpc) is 3.47. The van der Waals surface area contributed by atoms with Gasteiger partial charge >= 0.3 is 0 Å². The Kier molecular flexibility index (Phi) is 4.55. The Bertz CT molecular complexity index is 990. The van der Waals surface area contributed by atoms with Gasteiger partial charge in [0.1, 0.15) is 5.82 Å². The van der Waals surface area contributed by atoms with Crippen molar-refractivity contribution in [2.75, 3.05) is 24.5 Å². The van der Waals surface area contributed by atoms with Gasteiger partial charge in [0.05, 0.1) is 17.3 Å². The van der Waals surface area contributed by atoms with Crippen LogP contribution in [0.2, 0.25) is 0 Å². The molecule has 28 heavy (non-hydrogen) atoms. The molecule has 0 bridgehead atoms. The monoisotopic (exact) mass is 395 g/mol. The largest absolute Gasteiger partial charge is 0.356 e. The fraction of sp³-hybridized carbons (Fsp3) is 0.476. The van der Waals surface area contributed by atoms with Crippen LogP contribution in [0.3, 0.4) is 0 Å². The number of aryl methyl sites for hydroxylation is 1. The summed E-state index contributed by atoms with van der Waals surface area (Å²) < 4.78 is 1.88. The molecule has 2 aliphatic heterocycles. The van der Waals surface area contributed by atoms with E-state index in [0.717, 1.165) is 67.2 Å². The van der Waals surface area contributed by atoms with E-state index < -0.39 is 0 Å². The molecule has 7 heteroatoms. The number of piperidine rings is 1. The van der Waals surface area contributed by atoms with Gasteiger partial charge in [0.25, 0.3) is 5.91 Å². The van der Waals surface area contributed by atoms with Crippen molar-refractivity contribution in [1.82, 2.24) is 19.5 Å². The Morgan fingerprint density at radius 1 is 1.18 bits per heavy atom. The van der Waals surface area contributed by atoms with Gasteiger partial charge in [-0.25, -0.2) is 9.50 Å². The summed E-state index contributed by atoms with van der Waals surface area (Å²) in [7, 11) is 0. The zero-order chi connectivity index (χ0) is 19.1. The fourth-order valence-electron chi connectivity index (χ4n) is 4.47. The van der Waals surface area contributed by atoms with Crippen molar-refractivity contribution in [3.8, 4) is 0 Å². The zero-order valence-corrected chi connectivity index (χ0v) is 17.0. The molecular weight excluding hydrogens is 370 g/mol. The minimum Gasteiger partial charge on any atom is -0.356 e. The molecule has 0 spiro atoms. The summed E-state index contributed by atoms with van der Waals surface area (Å²) in [6.45, 7) is 5.06. The summed E-state index contributed by atoms with van der Waals surface area (Å²) >= 11 is 1.57.